The number of rotatable bonds is 11. The number of nitrogens with one attached hydrogen (secondary N) is 3. The molecule has 0 bridgehead atoms. The lowest BCUT2D eigenvalue weighted by Gasteiger charge is -2.21. The predicted molar refractivity (Wildman–Crippen MR) is 109 cm³/mol. The molecule has 0 fully saturated rings. The molecule has 2 rings (SSSR count). The Labute approximate surface area is 166 Å². The molecule has 2 atom stereocenters. The Morgan fingerprint density at radius 3 is 2.43 bits per heavy atom. The zero-order valence-electron chi connectivity index (χ0n) is 16.2. The van der Waals surface area contributed by atoms with E-state index in [1.165, 1.54) is 18.2 Å². The highest BCUT2D eigenvalue weighted by molar-refractivity contribution is 7.89. The van der Waals surface area contributed by atoms with Crippen molar-refractivity contribution < 1.29 is 17.9 Å². The molecule has 0 aromatic heterocycles. The molecule has 1 unspecified atom stereocenters. The van der Waals surface area contributed by atoms with Gasteiger partial charge in [-0.15, -0.1) is 0 Å². The molecule has 0 spiro atoms. The summed E-state index contributed by atoms with van der Waals surface area (Å²) in [5, 5.41) is 15.4. The Hall–Kier alpha value is -2.00. The molecule has 8 heteroatoms. The van der Waals surface area contributed by atoms with Crippen LogP contribution in [0.3, 0.4) is 0 Å². The summed E-state index contributed by atoms with van der Waals surface area (Å²) < 4.78 is 42.2. The Morgan fingerprint density at radius 1 is 1.07 bits per heavy atom. The van der Waals surface area contributed by atoms with Crippen molar-refractivity contribution in [3.63, 3.8) is 0 Å². The van der Waals surface area contributed by atoms with Crippen molar-refractivity contribution in [1.82, 2.24) is 10.0 Å². The first kappa shape index (κ1) is 22.3. The molecule has 2 aromatic rings. The van der Waals surface area contributed by atoms with Crippen LogP contribution in [0, 0.1) is 5.82 Å². The van der Waals surface area contributed by atoms with Gasteiger partial charge >= 0.3 is 0 Å². The number of halogens is 1. The highest BCUT2D eigenvalue weighted by Crippen LogP contribution is 2.21. The normalized spacial score (nSPS) is 13.9. The van der Waals surface area contributed by atoms with Crippen LogP contribution in [0.25, 0.3) is 0 Å². The predicted octanol–water partition coefficient (Wildman–Crippen LogP) is 2.12. The molecule has 4 N–H and O–H groups in total. The van der Waals surface area contributed by atoms with E-state index in [0.717, 1.165) is 0 Å². The van der Waals surface area contributed by atoms with Crippen molar-refractivity contribution in [2.45, 2.75) is 36.8 Å². The minimum absolute atomic E-state index is 0.178. The number of aliphatic hydroxyl groups excluding tert-OH is 1. The minimum Gasteiger partial charge on any atom is -0.392 e. The van der Waals surface area contributed by atoms with E-state index in [-0.39, 0.29) is 10.7 Å². The molecular formula is C20H28FN3O3S. The standard InChI is InChI=1S/C20H28FN3O3S/c1-15(25)13-23-14-16(24-28(26,27)17-7-4-3-5-8-17)11-12-18-19(21)9-6-10-20(18)22-2/h3-10,15-16,22-25H,11-14H2,1-2H3/t15?,16-/m0/s1. The van der Waals surface area contributed by atoms with Crippen molar-refractivity contribution in [1.29, 1.82) is 0 Å². The van der Waals surface area contributed by atoms with Gasteiger partial charge in [-0.2, -0.15) is 0 Å². The van der Waals surface area contributed by atoms with Gasteiger partial charge < -0.3 is 15.7 Å². The monoisotopic (exact) mass is 409 g/mol. The average molecular weight is 410 g/mol. The first-order valence-electron chi connectivity index (χ1n) is 9.24. The van der Waals surface area contributed by atoms with E-state index in [9.17, 15) is 17.9 Å². The lowest BCUT2D eigenvalue weighted by molar-refractivity contribution is 0.190. The van der Waals surface area contributed by atoms with Gasteiger partial charge in [0.1, 0.15) is 5.82 Å². The van der Waals surface area contributed by atoms with E-state index in [1.54, 1.807) is 44.3 Å². The van der Waals surface area contributed by atoms with Crippen LogP contribution in [0.15, 0.2) is 53.4 Å². The van der Waals surface area contributed by atoms with Crippen LogP contribution >= 0.6 is 0 Å². The molecule has 154 valence electrons. The summed E-state index contributed by atoms with van der Waals surface area (Å²) in [7, 11) is -1.98. The summed E-state index contributed by atoms with van der Waals surface area (Å²) in [6.45, 7) is 2.31. The van der Waals surface area contributed by atoms with Crippen LogP contribution in [-0.2, 0) is 16.4 Å². The van der Waals surface area contributed by atoms with Crippen molar-refractivity contribution in [2.24, 2.45) is 0 Å². The first-order valence-corrected chi connectivity index (χ1v) is 10.7. The lowest BCUT2D eigenvalue weighted by Crippen LogP contribution is -2.43. The maximum absolute atomic E-state index is 14.2. The highest BCUT2D eigenvalue weighted by atomic mass is 32.2. The summed E-state index contributed by atoms with van der Waals surface area (Å²) in [5.41, 5.74) is 1.20. The van der Waals surface area contributed by atoms with Crippen molar-refractivity contribution >= 4 is 15.7 Å². The maximum atomic E-state index is 14.2. The molecule has 6 nitrogen and oxygen atoms in total. The first-order chi connectivity index (χ1) is 13.3. The number of anilines is 1. The number of benzene rings is 2. The number of aliphatic hydroxyl groups is 1. The second-order valence-corrected chi connectivity index (χ2v) is 8.41. The molecule has 28 heavy (non-hydrogen) atoms. The summed E-state index contributed by atoms with van der Waals surface area (Å²) in [5.74, 6) is -0.326. The van der Waals surface area contributed by atoms with E-state index >= 15 is 0 Å². The molecule has 0 amide bonds. The third kappa shape index (κ3) is 6.56. The fourth-order valence-corrected chi connectivity index (χ4v) is 4.21. The van der Waals surface area contributed by atoms with Crippen LogP contribution in [0.2, 0.25) is 0 Å². The molecule has 0 saturated heterocycles. The number of hydrogen-bond acceptors (Lipinski definition) is 5. The van der Waals surface area contributed by atoms with Crippen LogP contribution in [0.4, 0.5) is 10.1 Å². The largest absolute Gasteiger partial charge is 0.392 e. The zero-order valence-corrected chi connectivity index (χ0v) is 17.0. The van der Waals surface area contributed by atoms with E-state index in [1.807, 2.05) is 0 Å². The van der Waals surface area contributed by atoms with E-state index < -0.39 is 22.2 Å². The van der Waals surface area contributed by atoms with Gasteiger partial charge in [0.05, 0.1) is 11.0 Å². The van der Waals surface area contributed by atoms with Gasteiger partial charge in [0.25, 0.3) is 0 Å². The number of sulfonamides is 1. The topological polar surface area (TPSA) is 90.5 Å². The Morgan fingerprint density at radius 2 is 1.79 bits per heavy atom. The van der Waals surface area contributed by atoms with Gasteiger partial charge in [-0.3, -0.25) is 0 Å². The molecule has 0 heterocycles. The zero-order chi connectivity index (χ0) is 20.6. The van der Waals surface area contributed by atoms with Crippen LogP contribution in [-0.4, -0.2) is 45.8 Å². The van der Waals surface area contributed by atoms with E-state index in [0.29, 0.717) is 37.2 Å². The quantitative estimate of drug-likeness (QED) is 0.456. The third-order valence-electron chi connectivity index (χ3n) is 4.34. The summed E-state index contributed by atoms with van der Waals surface area (Å²) in [6, 6.07) is 12.5. The Bertz CT molecular complexity index is 845. The molecule has 0 aliphatic carbocycles. The summed E-state index contributed by atoms with van der Waals surface area (Å²) in [4.78, 5) is 0.178. The average Bonchev–Trinajstić information content (AvgIpc) is 2.66. The van der Waals surface area contributed by atoms with Crippen LogP contribution in [0.1, 0.15) is 18.9 Å². The molecule has 0 saturated carbocycles. The number of hydrogen-bond donors (Lipinski definition) is 4. The Kier molecular flexibility index (Phi) is 8.37. The second kappa shape index (κ2) is 10.5. The van der Waals surface area contributed by atoms with Gasteiger partial charge in [-0.05, 0) is 44.0 Å². The highest BCUT2D eigenvalue weighted by Gasteiger charge is 2.21. The fraction of sp³-hybridized carbons (Fsp3) is 0.400. The molecule has 0 aliphatic rings. The van der Waals surface area contributed by atoms with Gasteiger partial charge in [-0.25, -0.2) is 17.5 Å². The second-order valence-electron chi connectivity index (χ2n) is 6.69. The van der Waals surface area contributed by atoms with Crippen LogP contribution < -0.4 is 15.4 Å². The van der Waals surface area contributed by atoms with Gasteiger partial charge in [0.2, 0.25) is 10.0 Å². The van der Waals surface area contributed by atoms with E-state index in [2.05, 4.69) is 15.4 Å². The van der Waals surface area contributed by atoms with Gasteiger partial charge in [0.15, 0.2) is 0 Å². The maximum Gasteiger partial charge on any atom is 0.240 e. The smallest absolute Gasteiger partial charge is 0.240 e. The molecular weight excluding hydrogens is 381 g/mol. The minimum atomic E-state index is -3.70. The van der Waals surface area contributed by atoms with Crippen molar-refractivity contribution in [2.75, 3.05) is 25.5 Å². The summed E-state index contributed by atoms with van der Waals surface area (Å²) in [6.07, 6.45) is 0.212. The third-order valence-corrected chi connectivity index (χ3v) is 5.87. The summed E-state index contributed by atoms with van der Waals surface area (Å²) >= 11 is 0. The van der Waals surface area contributed by atoms with Gasteiger partial charge in [0, 0.05) is 37.4 Å². The molecule has 0 radical (unpaired) electrons. The lowest BCUT2D eigenvalue weighted by atomic mass is 10.0. The fourth-order valence-electron chi connectivity index (χ4n) is 2.92. The van der Waals surface area contributed by atoms with Crippen LogP contribution in [0.5, 0.6) is 0 Å². The molecule has 2 aromatic carbocycles. The SMILES string of the molecule is CNc1cccc(F)c1CC[C@@H](CNCC(C)O)NS(=O)(=O)c1ccccc1. The van der Waals surface area contributed by atoms with E-state index in [4.69, 9.17) is 0 Å². The molecule has 0 aliphatic heterocycles. The Balaban J connectivity index is 2.13. The van der Waals surface area contributed by atoms with Gasteiger partial charge in [-0.1, -0.05) is 24.3 Å². The van der Waals surface area contributed by atoms with Crippen molar-refractivity contribution in [3.8, 4) is 0 Å². The van der Waals surface area contributed by atoms with Crippen molar-refractivity contribution in [3.05, 3.63) is 59.9 Å².